The van der Waals surface area contributed by atoms with Gasteiger partial charge >= 0.3 is 0 Å². The number of hydrogen-bond donors (Lipinski definition) is 1. The minimum Gasteiger partial charge on any atom is -0.399 e. The van der Waals surface area contributed by atoms with Gasteiger partial charge in [0.2, 0.25) is 5.91 Å². The second kappa shape index (κ2) is 5.74. The Morgan fingerprint density at radius 1 is 1.33 bits per heavy atom. The molecule has 1 amide bonds. The second-order valence-electron chi connectivity index (χ2n) is 5.26. The summed E-state index contributed by atoms with van der Waals surface area (Å²) in [6.07, 6.45) is 4.45. The molecule has 0 bridgehead atoms. The largest absolute Gasteiger partial charge is 0.399 e. The molecule has 0 fully saturated rings. The Labute approximate surface area is 128 Å². The van der Waals surface area contributed by atoms with E-state index in [-0.39, 0.29) is 11.9 Å². The Morgan fingerprint density at radius 3 is 2.86 bits per heavy atom. The molecule has 3 rings (SSSR count). The smallest absolute Gasteiger partial charge is 0.247 e. The number of carbonyl (C=O) groups is 1. The summed E-state index contributed by atoms with van der Waals surface area (Å²) in [5.41, 5.74) is 8.66. The third kappa shape index (κ3) is 2.85. The first-order chi connectivity index (χ1) is 10.1. The fourth-order valence-corrected chi connectivity index (χ4v) is 3.64. The van der Waals surface area contributed by atoms with Crippen LogP contribution in [0, 0.1) is 0 Å². The van der Waals surface area contributed by atoms with Crippen LogP contribution in [0.4, 0.5) is 5.69 Å². The number of anilines is 1. The molecule has 2 N–H and O–H groups in total. The molecule has 2 aromatic rings. The number of benzene rings is 1. The lowest BCUT2D eigenvalue weighted by atomic mass is 10.0. The van der Waals surface area contributed by atoms with Crippen molar-refractivity contribution in [2.24, 2.45) is 0 Å². The molecule has 0 radical (unpaired) electrons. The number of carbonyl (C=O) groups excluding carboxylic acids is 1. The molecule has 3 nitrogen and oxygen atoms in total. The van der Waals surface area contributed by atoms with Crippen LogP contribution in [0.1, 0.15) is 29.0 Å². The van der Waals surface area contributed by atoms with Gasteiger partial charge in [0.25, 0.3) is 0 Å². The minimum absolute atomic E-state index is 0.0659. The molecular weight excluding hydrogens is 280 g/mol. The molecule has 1 aliphatic rings. The van der Waals surface area contributed by atoms with Crippen LogP contribution in [0.15, 0.2) is 41.8 Å². The van der Waals surface area contributed by atoms with Gasteiger partial charge in [-0.1, -0.05) is 12.1 Å². The molecule has 0 saturated heterocycles. The number of thiophene rings is 1. The fraction of sp³-hybridized carbons (Fsp3) is 0.235. The Balaban J connectivity index is 1.73. The van der Waals surface area contributed by atoms with Crippen LogP contribution in [0.5, 0.6) is 0 Å². The Morgan fingerprint density at radius 2 is 2.10 bits per heavy atom. The highest BCUT2D eigenvalue weighted by atomic mass is 32.1. The van der Waals surface area contributed by atoms with Crippen LogP contribution in [0.25, 0.3) is 6.08 Å². The number of nitrogens with two attached hydrogens (primary N) is 1. The van der Waals surface area contributed by atoms with Crippen molar-refractivity contribution in [1.82, 2.24) is 4.90 Å². The third-order valence-electron chi connectivity index (χ3n) is 3.92. The average molecular weight is 298 g/mol. The van der Waals surface area contributed by atoms with Crippen molar-refractivity contribution < 1.29 is 4.79 Å². The fourth-order valence-electron chi connectivity index (χ4n) is 2.68. The molecule has 1 aromatic carbocycles. The molecular formula is C17H18N2OS. The van der Waals surface area contributed by atoms with Gasteiger partial charge in [-0.05, 0) is 54.1 Å². The highest BCUT2D eigenvalue weighted by molar-refractivity contribution is 7.10. The summed E-state index contributed by atoms with van der Waals surface area (Å²) in [7, 11) is 0. The number of rotatable bonds is 2. The SMILES string of the molecule is CC1c2ccsc2CCN1C(=O)/C=C/c1ccc(N)cc1. The van der Waals surface area contributed by atoms with E-state index in [0.29, 0.717) is 0 Å². The number of nitrogens with zero attached hydrogens (tertiary/aromatic N) is 1. The van der Waals surface area contributed by atoms with E-state index in [1.807, 2.05) is 35.2 Å². The Bertz CT molecular complexity index is 672. The van der Waals surface area contributed by atoms with Gasteiger partial charge in [-0.25, -0.2) is 0 Å². The van der Waals surface area contributed by atoms with Gasteiger partial charge in [0.15, 0.2) is 0 Å². The molecule has 1 atom stereocenters. The predicted octanol–water partition coefficient (Wildman–Crippen LogP) is 3.49. The van der Waals surface area contributed by atoms with Gasteiger partial charge in [-0.3, -0.25) is 4.79 Å². The van der Waals surface area contributed by atoms with E-state index in [9.17, 15) is 4.79 Å². The van der Waals surface area contributed by atoms with Gasteiger partial charge in [0.05, 0.1) is 6.04 Å². The first-order valence-electron chi connectivity index (χ1n) is 7.05. The monoisotopic (exact) mass is 298 g/mol. The van der Waals surface area contributed by atoms with Crippen molar-refractivity contribution >= 4 is 29.0 Å². The molecule has 4 heteroatoms. The van der Waals surface area contributed by atoms with Crippen molar-refractivity contribution in [3.05, 3.63) is 57.8 Å². The summed E-state index contributed by atoms with van der Waals surface area (Å²) in [5, 5.41) is 2.11. The second-order valence-corrected chi connectivity index (χ2v) is 6.26. The number of hydrogen-bond acceptors (Lipinski definition) is 3. The van der Waals surface area contributed by atoms with E-state index in [2.05, 4.69) is 18.4 Å². The van der Waals surface area contributed by atoms with Crippen LogP contribution in [-0.4, -0.2) is 17.4 Å². The van der Waals surface area contributed by atoms with Crippen LogP contribution < -0.4 is 5.73 Å². The van der Waals surface area contributed by atoms with Gasteiger partial charge in [0, 0.05) is 23.2 Å². The van der Waals surface area contributed by atoms with Crippen LogP contribution in [0.3, 0.4) is 0 Å². The van der Waals surface area contributed by atoms with Crippen LogP contribution in [-0.2, 0) is 11.2 Å². The summed E-state index contributed by atoms with van der Waals surface area (Å²) in [5.74, 6) is 0.0659. The normalized spacial score (nSPS) is 18.0. The zero-order valence-corrected chi connectivity index (χ0v) is 12.8. The number of fused-ring (bicyclic) bond motifs is 1. The molecule has 0 aliphatic carbocycles. The zero-order chi connectivity index (χ0) is 14.8. The van der Waals surface area contributed by atoms with E-state index in [1.165, 1.54) is 10.4 Å². The van der Waals surface area contributed by atoms with Gasteiger partial charge in [-0.15, -0.1) is 11.3 Å². The predicted molar refractivity (Wildman–Crippen MR) is 88.0 cm³/mol. The Kier molecular flexibility index (Phi) is 3.80. The van der Waals surface area contributed by atoms with Crippen molar-refractivity contribution in [2.75, 3.05) is 12.3 Å². The van der Waals surface area contributed by atoms with Crippen molar-refractivity contribution in [3.63, 3.8) is 0 Å². The Hall–Kier alpha value is -2.07. The molecule has 21 heavy (non-hydrogen) atoms. The summed E-state index contributed by atoms with van der Waals surface area (Å²) >= 11 is 1.79. The summed E-state index contributed by atoms with van der Waals surface area (Å²) in [6, 6.07) is 9.79. The molecule has 108 valence electrons. The van der Waals surface area contributed by atoms with E-state index >= 15 is 0 Å². The maximum absolute atomic E-state index is 12.4. The standard InChI is InChI=1S/C17H18N2OS/c1-12-15-9-11-21-16(15)8-10-19(12)17(20)7-4-13-2-5-14(18)6-3-13/h2-7,9,11-12H,8,10,18H2,1H3/b7-4+. The van der Waals surface area contributed by atoms with Crippen molar-refractivity contribution in [2.45, 2.75) is 19.4 Å². The lowest BCUT2D eigenvalue weighted by Gasteiger charge is -2.32. The van der Waals surface area contributed by atoms with Gasteiger partial charge < -0.3 is 10.6 Å². The van der Waals surface area contributed by atoms with E-state index in [1.54, 1.807) is 17.4 Å². The highest BCUT2D eigenvalue weighted by Gasteiger charge is 2.26. The summed E-state index contributed by atoms with van der Waals surface area (Å²) in [6.45, 7) is 2.89. The van der Waals surface area contributed by atoms with E-state index in [0.717, 1.165) is 24.2 Å². The topological polar surface area (TPSA) is 46.3 Å². The quantitative estimate of drug-likeness (QED) is 0.681. The summed E-state index contributed by atoms with van der Waals surface area (Å²) < 4.78 is 0. The van der Waals surface area contributed by atoms with E-state index in [4.69, 9.17) is 5.73 Å². The molecule has 1 aromatic heterocycles. The molecule has 1 aliphatic heterocycles. The maximum Gasteiger partial charge on any atom is 0.247 e. The third-order valence-corrected chi connectivity index (χ3v) is 4.91. The molecule has 0 spiro atoms. The highest BCUT2D eigenvalue weighted by Crippen LogP contribution is 2.32. The van der Waals surface area contributed by atoms with Gasteiger partial charge in [-0.2, -0.15) is 0 Å². The van der Waals surface area contributed by atoms with Crippen molar-refractivity contribution in [1.29, 1.82) is 0 Å². The van der Waals surface area contributed by atoms with E-state index < -0.39 is 0 Å². The average Bonchev–Trinajstić information content (AvgIpc) is 2.96. The minimum atomic E-state index is 0.0659. The number of nitrogen functional groups attached to an aromatic ring is 1. The van der Waals surface area contributed by atoms with Crippen LogP contribution in [0.2, 0.25) is 0 Å². The first-order valence-corrected chi connectivity index (χ1v) is 7.93. The molecule has 0 saturated carbocycles. The van der Waals surface area contributed by atoms with Crippen LogP contribution >= 0.6 is 11.3 Å². The maximum atomic E-state index is 12.4. The van der Waals surface area contributed by atoms with Gasteiger partial charge in [0.1, 0.15) is 0 Å². The molecule has 1 unspecified atom stereocenters. The lowest BCUT2D eigenvalue weighted by molar-refractivity contribution is -0.128. The first kappa shape index (κ1) is 13.9. The molecule has 2 heterocycles. The summed E-state index contributed by atoms with van der Waals surface area (Å²) in [4.78, 5) is 15.7. The number of amides is 1. The lowest BCUT2D eigenvalue weighted by Crippen LogP contribution is -2.37. The zero-order valence-electron chi connectivity index (χ0n) is 12.0. The van der Waals surface area contributed by atoms with Crippen molar-refractivity contribution in [3.8, 4) is 0 Å².